The average Bonchev–Trinajstić information content (AvgIpc) is 3.50. The van der Waals surface area contributed by atoms with Gasteiger partial charge in [-0.25, -0.2) is 4.68 Å². The van der Waals surface area contributed by atoms with Crippen molar-refractivity contribution in [3.8, 4) is 5.69 Å². The molecular weight excluding hydrogens is 386 g/mol. The second kappa shape index (κ2) is 10.2. The Kier molecular flexibility index (Phi) is 6.74. The van der Waals surface area contributed by atoms with E-state index in [1.807, 2.05) is 58.2 Å². The number of hydrogen-bond donors (Lipinski definition) is 2. The van der Waals surface area contributed by atoms with Gasteiger partial charge in [0.25, 0.3) is 0 Å². The van der Waals surface area contributed by atoms with Crippen molar-refractivity contribution in [3.05, 3.63) is 102 Å². The van der Waals surface area contributed by atoms with E-state index in [9.17, 15) is 0 Å². The van der Waals surface area contributed by atoms with Crippen molar-refractivity contribution in [1.29, 1.82) is 0 Å². The minimum absolute atomic E-state index is 0.697. The van der Waals surface area contributed by atoms with Gasteiger partial charge in [0.2, 0.25) is 0 Å². The molecule has 0 atom stereocenters. The number of benzene rings is 2. The van der Waals surface area contributed by atoms with Gasteiger partial charge in [0, 0.05) is 38.7 Å². The summed E-state index contributed by atoms with van der Waals surface area (Å²) in [6.45, 7) is 2.22. The molecule has 4 aromatic rings. The number of nitrogens with one attached hydrogen (secondary N) is 2. The molecule has 158 valence electrons. The monoisotopic (exact) mass is 413 g/mol. The highest BCUT2D eigenvalue weighted by molar-refractivity contribution is 5.79. The summed E-state index contributed by atoms with van der Waals surface area (Å²) in [6, 6.07) is 20.5. The van der Waals surface area contributed by atoms with E-state index in [4.69, 9.17) is 0 Å². The van der Waals surface area contributed by atoms with Crippen LogP contribution in [0.3, 0.4) is 0 Å². The summed E-state index contributed by atoms with van der Waals surface area (Å²) in [7, 11) is 1.79. The van der Waals surface area contributed by atoms with Gasteiger partial charge in [-0.3, -0.25) is 9.67 Å². The first-order valence-corrected chi connectivity index (χ1v) is 10.4. The summed E-state index contributed by atoms with van der Waals surface area (Å²) in [6.07, 6.45) is 8.62. The lowest BCUT2D eigenvalue weighted by Gasteiger charge is -2.14. The smallest absolute Gasteiger partial charge is 0.191 e. The zero-order valence-corrected chi connectivity index (χ0v) is 17.6. The summed E-state index contributed by atoms with van der Waals surface area (Å²) >= 11 is 0. The van der Waals surface area contributed by atoms with Gasteiger partial charge in [-0.1, -0.05) is 42.5 Å². The summed E-state index contributed by atoms with van der Waals surface area (Å²) in [5.41, 5.74) is 4.71. The first-order valence-electron chi connectivity index (χ1n) is 10.4. The van der Waals surface area contributed by atoms with E-state index in [2.05, 4.69) is 56.3 Å². The fraction of sp³-hybridized carbons (Fsp3) is 0.208. The molecule has 2 aromatic carbocycles. The number of aliphatic imine (C=N–C) groups is 1. The molecule has 0 aliphatic carbocycles. The number of aromatic nitrogens is 4. The average molecular weight is 414 g/mol. The lowest BCUT2D eigenvalue weighted by molar-refractivity contribution is 0.677. The first kappa shape index (κ1) is 20.4. The molecule has 0 saturated heterocycles. The van der Waals surface area contributed by atoms with E-state index in [0.29, 0.717) is 6.54 Å². The Morgan fingerprint density at radius 1 is 0.935 bits per heavy atom. The summed E-state index contributed by atoms with van der Waals surface area (Å²) in [5, 5.41) is 15.6. The molecule has 0 amide bonds. The second-order valence-electron chi connectivity index (χ2n) is 7.20. The van der Waals surface area contributed by atoms with Gasteiger partial charge in [0.05, 0.1) is 18.4 Å². The molecule has 0 radical (unpaired) electrons. The highest BCUT2D eigenvalue weighted by Gasteiger charge is 2.05. The van der Waals surface area contributed by atoms with Crippen LogP contribution in [-0.4, -0.2) is 39.1 Å². The number of rotatable bonds is 8. The van der Waals surface area contributed by atoms with Crippen molar-refractivity contribution in [2.45, 2.75) is 19.5 Å². The standard InChI is InChI=1S/C24H27N7/c1-25-24(26-14-12-20-16-29-31(18-20)23-10-3-2-4-11-23)27-17-21-8-5-6-9-22(21)19-30-15-7-13-28-30/h2-11,13,15-16,18H,12,14,17,19H2,1H3,(H2,25,26,27). The third-order valence-corrected chi connectivity index (χ3v) is 5.04. The number of guanidine groups is 1. The van der Waals surface area contributed by atoms with Gasteiger partial charge in [-0.05, 0) is 41.3 Å². The minimum atomic E-state index is 0.697. The summed E-state index contributed by atoms with van der Waals surface area (Å²) in [4.78, 5) is 4.35. The predicted molar refractivity (Wildman–Crippen MR) is 123 cm³/mol. The van der Waals surface area contributed by atoms with Crippen LogP contribution < -0.4 is 10.6 Å². The Bertz CT molecular complexity index is 1100. The molecule has 31 heavy (non-hydrogen) atoms. The van der Waals surface area contributed by atoms with E-state index >= 15 is 0 Å². The molecule has 0 aliphatic heterocycles. The maximum atomic E-state index is 4.46. The zero-order valence-electron chi connectivity index (χ0n) is 17.6. The van der Waals surface area contributed by atoms with Gasteiger partial charge < -0.3 is 10.6 Å². The van der Waals surface area contributed by atoms with Crippen LogP contribution in [0.5, 0.6) is 0 Å². The Labute approximate surface area is 182 Å². The normalized spacial score (nSPS) is 11.5. The van der Waals surface area contributed by atoms with E-state index in [0.717, 1.165) is 31.2 Å². The Morgan fingerprint density at radius 2 is 1.74 bits per heavy atom. The molecule has 2 heterocycles. The SMILES string of the molecule is CN=C(NCCc1cnn(-c2ccccc2)c1)NCc1ccccc1Cn1cccn1. The van der Waals surface area contributed by atoms with Crippen molar-refractivity contribution in [3.63, 3.8) is 0 Å². The van der Waals surface area contributed by atoms with Crippen LogP contribution in [0.1, 0.15) is 16.7 Å². The molecular formula is C24H27N7. The van der Waals surface area contributed by atoms with Crippen molar-refractivity contribution in [2.24, 2.45) is 4.99 Å². The second-order valence-corrected chi connectivity index (χ2v) is 7.20. The van der Waals surface area contributed by atoms with Crippen molar-refractivity contribution in [2.75, 3.05) is 13.6 Å². The van der Waals surface area contributed by atoms with E-state index < -0.39 is 0 Å². The Balaban J connectivity index is 1.28. The summed E-state index contributed by atoms with van der Waals surface area (Å²) in [5.74, 6) is 0.782. The zero-order chi connectivity index (χ0) is 21.3. The largest absolute Gasteiger partial charge is 0.356 e. The molecule has 0 fully saturated rings. The highest BCUT2D eigenvalue weighted by atomic mass is 15.3. The van der Waals surface area contributed by atoms with Crippen LogP contribution in [-0.2, 0) is 19.5 Å². The first-order chi connectivity index (χ1) is 15.3. The molecule has 0 spiro atoms. The number of hydrogen-bond acceptors (Lipinski definition) is 3. The number of para-hydroxylation sites is 1. The van der Waals surface area contributed by atoms with Gasteiger partial charge >= 0.3 is 0 Å². The van der Waals surface area contributed by atoms with Crippen LogP contribution in [0.15, 0.2) is 90.4 Å². The van der Waals surface area contributed by atoms with Crippen LogP contribution in [0, 0.1) is 0 Å². The molecule has 7 nitrogen and oxygen atoms in total. The van der Waals surface area contributed by atoms with Gasteiger partial charge in [-0.15, -0.1) is 0 Å². The topological polar surface area (TPSA) is 72.1 Å². The van der Waals surface area contributed by atoms with Gasteiger partial charge in [0.15, 0.2) is 5.96 Å². The maximum Gasteiger partial charge on any atom is 0.191 e. The van der Waals surface area contributed by atoms with Crippen molar-refractivity contribution in [1.82, 2.24) is 30.2 Å². The molecule has 2 N–H and O–H groups in total. The molecule has 0 aliphatic rings. The van der Waals surface area contributed by atoms with E-state index in [1.54, 1.807) is 13.2 Å². The Morgan fingerprint density at radius 3 is 2.52 bits per heavy atom. The molecule has 2 aromatic heterocycles. The van der Waals surface area contributed by atoms with E-state index in [1.165, 1.54) is 16.7 Å². The molecule has 0 bridgehead atoms. The van der Waals surface area contributed by atoms with Crippen LogP contribution in [0.25, 0.3) is 5.69 Å². The third kappa shape index (κ3) is 5.60. The minimum Gasteiger partial charge on any atom is -0.356 e. The highest BCUT2D eigenvalue weighted by Crippen LogP contribution is 2.10. The van der Waals surface area contributed by atoms with Gasteiger partial charge in [-0.2, -0.15) is 10.2 Å². The van der Waals surface area contributed by atoms with Gasteiger partial charge in [0.1, 0.15) is 0 Å². The quantitative estimate of drug-likeness (QED) is 0.344. The fourth-order valence-electron chi connectivity index (χ4n) is 3.39. The van der Waals surface area contributed by atoms with Crippen LogP contribution >= 0.6 is 0 Å². The number of nitrogens with zero attached hydrogens (tertiary/aromatic N) is 5. The molecule has 4 rings (SSSR count). The maximum absolute atomic E-state index is 4.46. The fourth-order valence-corrected chi connectivity index (χ4v) is 3.39. The van der Waals surface area contributed by atoms with Crippen LogP contribution in [0.2, 0.25) is 0 Å². The Hall–Kier alpha value is -3.87. The summed E-state index contributed by atoms with van der Waals surface area (Å²) < 4.78 is 3.83. The molecule has 0 saturated carbocycles. The van der Waals surface area contributed by atoms with Crippen molar-refractivity contribution < 1.29 is 0 Å². The third-order valence-electron chi connectivity index (χ3n) is 5.04. The van der Waals surface area contributed by atoms with Crippen LogP contribution in [0.4, 0.5) is 0 Å². The van der Waals surface area contributed by atoms with Crippen molar-refractivity contribution >= 4 is 5.96 Å². The molecule has 7 heteroatoms. The molecule has 0 unspecified atom stereocenters. The lowest BCUT2D eigenvalue weighted by atomic mass is 10.1. The predicted octanol–water partition coefficient (Wildman–Crippen LogP) is 3.02. The lowest BCUT2D eigenvalue weighted by Crippen LogP contribution is -2.38. The van der Waals surface area contributed by atoms with E-state index in [-0.39, 0.29) is 0 Å².